The number of nitrogens with zero attached hydrogens (tertiary/aromatic N) is 1. The van der Waals surface area contributed by atoms with E-state index in [2.05, 4.69) is 5.32 Å². The quantitative estimate of drug-likeness (QED) is 0.753. The van der Waals surface area contributed by atoms with Gasteiger partial charge in [0.2, 0.25) is 5.91 Å². The zero-order valence-electron chi connectivity index (χ0n) is 13.1. The summed E-state index contributed by atoms with van der Waals surface area (Å²) in [5.74, 6) is -0.287. The molecule has 5 heteroatoms. The number of hydrogen-bond donors (Lipinski definition) is 2. The molecule has 1 aromatic carbocycles. The Morgan fingerprint density at radius 2 is 1.90 bits per heavy atom. The summed E-state index contributed by atoms with van der Waals surface area (Å²) >= 11 is 0. The molecule has 0 aliphatic carbocycles. The lowest BCUT2D eigenvalue weighted by molar-refractivity contribution is -0.117. The fourth-order valence-electron chi connectivity index (χ4n) is 2.12. The molecule has 0 saturated heterocycles. The van der Waals surface area contributed by atoms with Crippen molar-refractivity contribution in [3.63, 3.8) is 0 Å². The number of ketones is 1. The Morgan fingerprint density at radius 3 is 2.43 bits per heavy atom. The lowest BCUT2D eigenvalue weighted by Gasteiger charge is -2.27. The number of amides is 1. The molecule has 0 bridgehead atoms. The van der Waals surface area contributed by atoms with Gasteiger partial charge in [-0.25, -0.2) is 0 Å². The number of anilines is 1. The van der Waals surface area contributed by atoms with Crippen molar-refractivity contribution in [3.8, 4) is 0 Å². The van der Waals surface area contributed by atoms with Crippen LogP contribution in [0.15, 0.2) is 24.3 Å². The van der Waals surface area contributed by atoms with Gasteiger partial charge in [0.05, 0.1) is 17.8 Å². The number of likely N-dealkylation sites (N-methyl/N-ethyl adjacent to an activating group) is 1. The molecule has 0 unspecified atom stereocenters. The van der Waals surface area contributed by atoms with Gasteiger partial charge in [-0.15, -0.1) is 0 Å². The summed E-state index contributed by atoms with van der Waals surface area (Å²) in [4.78, 5) is 25.5. The van der Waals surface area contributed by atoms with E-state index in [4.69, 9.17) is 0 Å². The molecule has 0 aromatic heterocycles. The van der Waals surface area contributed by atoms with Crippen LogP contribution in [0.2, 0.25) is 0 Å². The molecule has 0 radical (unpaired) electrons. The van der Waals surface area contributed by atoms with Crippen molar-refractivity contribution >= 4 is 17.4 Å². The molecule has 2 N–H and O–H groups in total. The SMILES string of the molecule is CCN(CC(=O)Nc1ccccc1C(C)=O)CC(C)(C)O. The molecular weight excluding hydrogens is 268 g/mol. The third kappa shape index (κ3) is 6.06. The van der Waals surface area contributed by atoms with Crippen LogP contribution >= 0.6 is 0 Å². The van der Waals surface area contributed by atoms with Gasteiger partial charge in [0.15, 0.2) is 5.78 Å². The lowest BCUT2D eigenvalue weighted by Crippen LogP contribution is -2.42. The van der Waals surface area contributed by atoms with Crippen molar-refractivity contribution in [1.82, 2.24) is 4.90 Å². The van der Waals surface area contributed by atoms with Crippen LogP contribution < -0.4 is 5.32 Å². The molecule has 1 rings (SSSR count). The van der Waals surface area contributed by atoms with E-state index in [-0.39, 0.29) is 18.2 Å². The zero-order chi connectivity index (χ0) is 16.0. The van der Waals surface area contributed by atoms with E-state index in [1.807, 2.05) is 11.8 Å². The molecule has 0 atom stereocenters. The Bertz CT molecular complexity index is 506. The maximum Gasteiger partial charge on any atom is 0.238 e. The van der Waals surface area contributed by atoms with Gasteiger partial charge < -0.3 is 10.4 Å². The molecule has 0 aliphatic heterocycles. The molecule has 5 nitrogen and oxygen atoms in total. The highest BCUT2D eigenvalue weighted by molar-refractivity contribution is 6.04. The minimum absolute atomic E-state index is 0.0882. The van der Waals surface area contributed by atoms with Crippen molar-refractivity contribution < 1.29 is 14.7 Å². The Hall–Kier alpha value is -1.72. The molecule has 1 amide bonds. The van der Waals surface area contributed by atoms with Crippen molar-refractivity contribution in [3.05, 3.63) is 29.8 Å². The number of Topliss-reactive ketones (excluding diaryl/α,β-unsaturated/α-hetero) is 1. The summed E-state index contributed by atoms with van der Waals surface area (Å²) in [5.41, 5.74) is 0.166. The standard InChI is InChI=1S/C16H24N2O3/c1-5-18(11-16(3,4)21)10-15(20)17-14-9-7-6-8-13(14)12(2)19/h6-9,21H,5,10-11H2,1-4H3,(H,17,20). The van der Waals surface area contributed by atoms with Gasteiger partial charge in [-0.1, -0.05) is 19.1 Å². The molecule has 0 spiro atoms. The molecule has 21 heavy (non-hydrogen) atoms. The maximum atomic E-state index is 12.1. The predicted molar refractivity (Wildman–Crippen MR) is 83.5 cm³/mol. The molecule has 0 fully saturated rings. The number of carbonyl (C=O) groups is 2. The number of benzene rings is 1. The summed E-state index contributed by atoms with van der Waals surface area (Å²) < 4.78 is 0. The maximum absolute atomic E-state index is 12.1. The van der Waals surface area contributed by atoms with Crippen LogP contribution in [0.25, 0.3) is 0 Å². The Balaban J connectivity index is 2.71. The molecule has 0 aliphatic rings. The normalized spacial score (nSPS) is 11.5. The van der Waals surface area contributed by atoms with Gasteiger partial charge in [0.25, 0.3) is 0 Å². The second-order valence-electron chi connectivity index (χ2n) is 5.77. The number of carbonyl (C=O) groups excluding carboxylic acids is 2. The average molecular weight is 292 g/mol. The number of aliphatic hydroxyl groups is 1. The Kier molecular flexibility index (Phi) is 6.05. The van der Waals surface area contributed by atoms with E-state index < -0.39 is 5.60 Å². The second-order valence-corrected chi connectivity index (χ2v) is 5.77. The average Bonchev–Trinajstić information content (AvgIpc) is 2.36. The smallest absolute Gasteiger partial charge is 0.238 e. The van der Waals surface area contributed by atoms with Gasteiger partial charge in [0, 0.05) is 12.1 Å². The molecule has 116 valence electrons. The van der Waals surface area contributed by atoms with E-state index in [0.29, 0.717) is 24.3 Å². The highest BCUT2D eigenvalue weighted by Crippen LogP contribution is 2.15. The summed E-state index contributed by atoms with van der Waals surface area (Å²) in [6.45, 7) is 8.06. The molecule has 0 heterocycles. The van der Waals surface area contributed by atoms with Gasteiger partial charge in [-0.05, 0) is 39.4 Å². The van der Waals surface area contributed by atoms with E-state index in [1.165, 1.54) is 6.92 Å². The molecular formula is C16H24N2O3. The first-order valence-electron chi connectivity index (χ1n) is 7.07. The van der Waals surface area contributed by atoms with Crippen LogP contribution in [0.5, 0.6) is 0 Å². The molecule has 1 aromatic rings. The largest absolute Gasteiger partial charge is 0.389 e. The van der Waals surface area contributed by atoms with Crippen LogP contribution in [0, 0.1) is 0 Å². The van der Waals surface area contributed by atoms with E-state index in [9.17, 15) is 14.7 Å². The van der Waals surface area contributed by atoms with Gasteiger partial charge in [-0.3, -0.25) is 14.5 Å². The number of hydrogen-bond acceptors (Lipinski definition) is 4. The number of para-hydroxylation sites is 1. The van der Waals surface area contributed by atoms with E-state index in [1.54, 1.807) is 38.1 Å². The number of rotatable bonds is 7. The Morgan fingerprint density at radius 1 is 1.29 bits per heavy atom. The van der Waals surface area contributed by atoms with Gasteiger partial charge in [0.1, 0.15) is 0 Å². The lowest BCUT2D eigenvalue weighted by atomic mass is 10.1. The van der Waals surface area contributed by atoms with Crippen molar-refractivity contribution in [1.29, 1.82) is 0 Å². The van der Waals surface area contributed by atoms with Crippen LogP contribution in [0.3, 0.4) is 0 Å². The fraction of sp³-hybridized carbons (Fsp3) is 0.500. The first-order chi connectivity index (χ1) is 9.73. The highest BCUT2D eigenvalue weighted by atomic mass is 16.3. The minimum atomic E-state index is -0.854. The van der Waals surface area contributed by atoms with Crippen molar-refractivity contribution in [2.45, 2.75) is 33.3 Å². The first kappa shape index (κ1) is 17.3. The summed E-state index contributed by atoms with van der Waals surface area (Å²) in [6, 6.07) is 6.93. The highest BCUT2D eigenvalue weighted by Gasteiger charge is 2.19. The minimum Gasteiger partial charge on any atom is -0.389 e. The number of nitrogens with one attached hydrogen (secondary N) is 1. The third-order valence-electron chi connectivity index (χ3n) is 3.01. The predicted octanol–water partition coefficient (Wildman–Crippen LogP) is 1.92. The first-order valence-corrected chi connectivity index (χ1v) is 7.07. The van der Waals surface area contributed by atoms with E-state index >= 15 is 0 Å². The summed E-state index contributed by atoms with van der Waals surface area (Å²) in [6.07, 6.45) is 0. The fourth-order valence-corrected chi connectivity index (χ4v) is 2.12. The topological polar surface area (TPSA) is 69.6 Å². The van der Waals surface area contributed by atoms with Crippen molar-refractivity contribution in [2.24, 2.45) is 0 Å². The third-order valence-corrected chi connectivity index (χ3v) is 3.01. The zero-order valence-corrected chi connectivity index (χ0v) is 13.1. The van der Waals surface area contributed by atoms with Crippen LogP contribution in [0.4, 0.5) is 5.69 Å². The van der Waals surface area contributed by atoms with E-state index in [0.717, 1.165) is 0 Å². The summed E-state index contributed by atoms with van der Waals surface area (Å²) in [7, 11) is 0. The monoisotopic (exact) mass is 292 g/mol. The van der Waals surface area contributed by atoms with Crippen molar-refractivity contribution in [2.75, 3.05) is 25.0 Å². The van der Waals surface area contributed by atoms with Gasteiger partial charge >= 0.3 is 0 Å². The second kappa shape index (κ2) is 7.33. The van der Waals surface area contributed by atoms with Crippen LogP contribution in [-0.4, -0.2) is 46.9 Å². The van der Waals surface area contributed by atoms with Crippen LogP contribution in [-0.2, 0) is 4.79 Å². The van der Waals surface area contributed by atoms with Crippen LogP contribution in [0.1, 0.15) is 38.1 Å². The Labute approximate surface area is 126 Å². The summed E-state index contributed by atoms with van der Waals surface area (Å²) in [5, 5.41) is 12.6. The van der Waals surface area contributed by atoms with Gasteiger partial charge in [-0.2, -0.15) is 0 Å². The molecule has 0 saturated carbocycles.